The van der Waals surface area contributed by atoms with Gasteiger partial charge in [-0.2, -0.15) is 0 Å². The second-order valence-electron chi connectivity index (χ2n) is 6.59. The zero-order valence-corrected chi connectivity index (χ0v) is 14.6. The van der Waals surface area contributed by atoms with Gasteiger partial charge in [0.05, 0.1) is 22.4 Å². The van der Waals surface area contributed by atoms with Crippen LogP contribution in [0.2, 0.25) is 0 Å². The summed E-state index contributed by atoms with van der Waals surface area (Å²) in [5.41, 5.74) is 6.74. The van der Waals surface area contributed by atoms with Crippen molar-refractivity contribution in [3.8, 4) is 16.9 Å². The molecule has 0 saturated heterocycles. The Hall–Kier alpha value is -3.39. The van der Waals surface area contributed by atoms with Gasteiger partial charge in [0.15, 0.2) is 0 Å². The van der Waals surface area contributed by atoms with E-state index in [2.05, 4.69) is 96.4 Å². The van der Waals surface area contributed by atoms with Gasteiger partial charge in [-0.1, -0.05) is 66.7 Å². The number of aryl methyl sites for hydroxylation is 1. The van der Waals surface area contributed by atoms with Gasteiger partial charge in [0.25, 0.3) is 0 Å². The predicted octanol–water partition coefficient (Wildman–Crippen LogP) is 6.15. The SMILES string of the molecule is Cc1cc(-n2c3ccccc3c3ccccc32)cc(-c2ccccc2)n1. The number of hydrogen-bond acceptors (Lipinski definition) is 1. The molecule has 2 heterocycles. The molecule has 0 spiro atoms. The molecule has 5 rings (SSSR count). The number of aromatic nitrogens is 2. The number of rotatable bonds is 2. The number of pyridine rings is 1. The highest BCUT2D eigenvalue weighted by molar-refractivity contribution is 6.09. The third-order valence-electron chi connectivity index (χ3n) is 4.85. The van der Waals surface area contributed by atoms with Gasteiger partial charge in [-0.25, -0.2) is 0 Å². The van der Waals surface area contributed by atoms with Crippen LogP contribution in [-0.2, 0) is 0 Å². The number of nitrogens with zero attached hydrogens (tertiary/aromatic N) is 2. The molecule has 0 N–H and O–H groups in total. The van der Waals surface area contributed by atoms with E-state index in [1.807, 2.05) is 6.07 Å². The topological polar surface area (TPSA) is 17.8 Å². The van der Waals surface area contributed by atoms with Crippen molar-refractivity contribution in [2.45, 2.75) is 6.92 Å². The van der Waals surface area contributed by atoms with Gasteiger partial charge in [0.1, 0.15) is 0 Å². The van der Waals surface area contributed by atoms with Crippen molar-refractivity contribution in [2.24, 2.45) is 0 Å². The van der Waals surface area contributed by atoms with E-state index in [4.69, 9.17) is 4.98 Å². The molecule has 0 amide bonds. The van der Waals surface area contributed by atoms with Crippen molar-refractivity contribution in [1.29, 1.82) is 0 Å². The van der Waals surface area contributed by atoms with Gasteiger partial charge in [-0.3, -0.25) is 4.98 Å². The van der Waals surface area contributed by atoms with Gasteiger partial charge in [-0.05, 0) is 31.2 Å². The van der Waals surface area contributed by atoms with Crippen molar-refractivity contribution >= 4 is 21.8 Å². The first-order chi connectivity index (χ1) is 12.8. The summed E-state index contributed by atoms with van der Waals surface area (Å²) in [6.07, 6.45) is 0. The minimum Gasteiger partial charge on any atom is -0.309 e. The van der Waals surface area contributed by atoms with Crippen LogP contribution in [0.25, 0.3) is 38.8 Å². The molecule has 0 aliphatic carbocycles. The lowest BCUT2D eigenvalue weighted by molar-refractivity contribution is 1.12. The highest BCUT2D eigenvalue weighted by atomic mass is 15.0. The molecular formula is C24H18N2. The van der Waals surface area contributed by atoms with E-state index >= 15 is 0 Å². The Bertz CT molecular complexity index is 1180. The highest BCUT2D eigenvalue weighted by Gasteiger charge is 2.13. The summed E-state index contributed by atoms with van der Waals surface area (Å²) in [6, 6.07) is 31.9. The lowest BCUT2D eigenvalue weighted by Crippen LogP contribution is -1.97. The van der Waals surface area contributed by atoms with Crippen LogP contribution in [0, 0.1) is 6.92 Å². The average Bonchev–Trinajstić information content (AvgIpc) is 3.03. The molecule has 2 nitrogen and oxygen atoms in total. The second-order valence-corrected chi connectivity index (χ2v) is 6.59. The molecule has 0 unspecified atom stereocenters. The van der Waals surface area contributed by atoms with Crippen LogP contribution in [0.15, 0.2) is 91.0 Å². The number of benzene rings is 3. The van der Waals surface area contributed by atoms with Crippen LogP contribution in [0.5, 0.6) is 0 Å². The molecular weight excluding hydrogens is 316 g/mol. The predicted molar refractivity (Wildman–Crippen MR) is 109 cm³/mol. The Morgan fingerprint density at radius 1 is 0.654 bits per heavy atom. The Morgan fingerprint density at radius 3 is 1.88 bits per heavy atom. The molecule has 0 aliphatic rings. The normalized spacial score (nSPS) is 11.3. The van der Waals surface area contributed by atoms with E-state index in [1.54, 1.807) is 0 Å². The highest BCUT2D eigenvalue weighted by Crippen LogP contribution is 2.32. The second kappa shape index (κ2) is 5.85. The van der Waals surface area contributed by atoms with Crippen molar-refractivity contribution in [1.82, 2.24) is 9.55 Å². The van der Waals surface area contributed by atoms with Crippen LogP contribution in [0.1, 0.15) is 5.69 Å². The third-order valence-corrected chi connectivity index (χ3v) is 4.85. The number of fused-ring (bicyclic) bond motifs is 3. The van der Waals surface area contributed by atoms with E-state index < -0.39 is 0 Å². The molecule has 124 valence electrons. The lowest BCUT2D eigenvalue weighted by atomic mass is 10.1. The third kappa shape index (κ3) is 2.31. The monoisotopic (exact) mass is 334 g/mol. The quantitative estimate of drug-likeness (QED) is 0.378. The van der Waals surface area contributed by atoms with Gasteiger partial charge in [0, 0.05) is 22.0 Å². The molecule has 0 bridgehead atoms. The van der Waals surface area contributed by atoms with Gasteiger partial charge < -0.3 is 4.57 Å². The zero-order chi connectivity index (χ0) is 17.5. The first-order valence-corrected chi connectivity index (χ1v) is 8.84. The van der Waals surface area contributed by atoms with Crippen LogP contribution >= 0.6 is 0 Å². The van der Waals surface area contributed by atoms with Crippen LogP contribution in [0.4, 0.5) is 0 Å². The molecule has 3 aromatic carbocycles. The fraction of sp³-hybridized carbons (Fsp3) is 0.0417. The molecule has 26 heavy (non-hydrogen) atoms. The minimum absolute atomic E-state index is 1.00. The molecule has 0 radical (unpaired) electrons. The number of hydrogen-bond donors (Lipinski definition) is 0. The maximum atomic E-state index is 4.76. The Kier molecular flexibility index (Phi) is 3.36. The summed E-state index contributed by atoms with van der Waals surface area (Å²) in [7, 11) is 0. The molecule has 0 atom stereocenters. The van der Waals surface area contributed by atoms with E-state index in [0.29, 0.717) is 0 Å². The van der Waals surface area contributed by atoms with E-state index in [-0.39, 0.29) is 0 Å². The lowest BCUT2D eigenvalue weighted by Gasteiger charge is -2.11. The Balaban J connectivity index is 1.84. The van der Waals surface area contributed by atoms with Crippen LogP contribution in [0.3, 0.4) is 0 Å². The molecule has 0 saturated carbocycles. The van der Waals surface area contributed by atoms with Gasteiger partial charge in [0.2, 0.25) is 0 Å². The minimum atomic E-state index is 1.00. The first kappa shape index (κ1) is 14.9. The van der Waals surface area contributed by atoms with E-state index in [1.165, 1.54) is 21.8 Å². The summed E-state index contributed by atoms with van der Waals surface area (Å²) in [4.78, 5) is 4.76. The smallest absolute Gasteiger partial charge is 0.0726 e. The molecule has 0 aliphatic heterocycles. The first-order valence-electron chi connectivity index (χ1n) is 8.84. The van der Waals surface area contributed by atoms with Crippen molar-refractivity contribution < 1.29 is 0 Å². The van der Waals surface area contributed by atoms with Crippen LogP contribution < -0.4 is 0 Å². The summed E-state index contributed by atoms with van der Waals surface area (Å²) in [5.74, 6) is 0. The average molecular weight is 334 g/mol. The van der Waals surface area contributed by atoms with Gasteiger partial charge >= 0.3 is 0 Å². The summed E-state index contributed by atoms with van der Waals surface area (Å²) < 4.78 is 2.34. The Labute approximate surface area is 152 Å². The largest absolute Gasteiger partial charge is 0.309 e. The molecule has 0 fully saturated rings. The summed E-state index contributed by atoms with van der Waals surface area (Å²) in [5, 5.41) is 2.55. The summed E-state index contributed by atoms with van der Waals surface area (Å²) in [6.45, 7) is 2.06. The van der Waals surface area contributed by atoms with E-state index in [9.17, 15) is 0 Å². The van der Waals surface area contributed by atoms with E-state index in [0.717, 1.165) is 22.6 Å². The molecule has 2 aromatic heterocycles. The molecule has 5 aromatic rings. The zero-order valence-electron chi connectivity index (χ0n) is 14.6. The van der Waals surface area contributed by atoms with Gasteiger partial charge in [-0.15, -0.1) is 0 Å². The fourth-order valence-electron chi connectivity index (χ4n) is 3.74. The van der Waals surface area contributed by atoms with Crippen molar-refractivity contribution in [3.63, 3.8) is 0 Å². The van der Waals surface area contributed by atoms with Crippen LogP contribution in [-0.4, -0.2) is 9.55 Å². The van der Waals surface area contributed by atoms with Crippen molar-refractivity contribution in [2.75, 3.05) is 0 Å². The molecule has 2 heteroatoms. The number of para-hydroxylation sites is 2. The maximum absolute atomic E-state index is 4.76. The standard InChI is InChI=1S/C24H18N2/c1-17-15-19(16-22(25-17)18-9-3-2-4-10-18)26-23-13-7-5-11-20(23)21-12-6-8-14-24(21)26/h2-16H,1H3. The summed E-state index contributed by atoms with van der Waals surface area (Å²) >= 11 is 0. The fourth-order valence-corrected chi connectivity index (χ4v) is 3.74. The van der Waals surface area contributed by atoms with Crippen molar-refractivity contribution in [3.05, 3.63) is 96.7 Å². The Morgan fingerprint density at radius 2 is 1.23 bits per heavy atom. The maximum Gasteiger partial charge on any atom is 0.0726 e.